The van der Waals surface area contributed by atoms with Crippen molar-refractivity contribution < 1.29 is 5.11 Å². The first-order chi connectivity index (χ1) is 6.74. The van der Waals surface area contributed by atoms with Crippen LogP contribution in [0.4, 0.5) is 5.69 Å². The van der Waals surface area contributed by atoms with Crippen LogP contribution in [0.15, 0.2) is 22.4 Å². The molecule has 0 unspecified atom stereocenters. The van der Waals surface area contributed by atoms with Crippen molar-refractivity contribution in [2.24, 2.45) is 0 Å². The van der Waals surface area contributed by atoms with Crippen LogP contribution in [0.1, 0.15) is 5.56 Å². The number of fused-ring (bicyclic) bond motifs is 1. The van der Waals surface area contributed by atoms with Gasteiger partial charge in [-0.25, -0.2) is 0 Å². The second-order valence-electron chi connectivity index (χ2n) is 3.02. The van der Waals surface area contributed by atoms with Gasteiger partial charge < -0.3 is 10.8 Å². The highest BCUT2D eigenvalue weighted by molar-refractivity contribution is 8.00. The third kappa shape index (κ3) is 1.61. The van der Waals surface area contributed by atoms with Crippen LogP contribution in [0.3, 0.4) is 0 Å². The number of thioether (sulfide) groups is 1. The molecule has 1 heterocycles. The van der Waals surface area contributed by atoms with Crippen LogP contribution in [0, 0.1) is 0 Å². The van der Waals surface area contributed by atoms with Crippen molar-refractivity contribution in [1.29, 1.82) is 0 Å². The first-order valence-electron chi connectivity index (χ1n) is 4.21. The van der Waals surface area contributed by atoms with E-state index in [9.17, 15) is 0 Å². The molecule has 0 amide bonds. The zero-order valence-electron chi connectivity index (χ0n) is 7.78. The molecular formula is C10H11NOS2. The number of thiophene rings is 1. The summed E-state index contributed by atoms with van der Waals surface area (Å²) in [7, 11) is 0. The van der Waals surface area contributed by atoms with Crippen LogP contribution < -0.4 is 5.73 Å². The normalized spacial score (nSPS) is 11.0. The third-order valence-corrected chi connectivity index (χ3v) is 4.29. The summed E-state index contributed by atoms with van der Waals surface area (Å²) in [5.41, 5.74) is 7.27. The Balaban J connectivity index is 2.64. The van der Waals surface area contributed by atoms with E-state index in [0.29, 0.717) is 5.69 Å². The van der Waals surface area contributed by atoms with E-state index in [1.54, 1.807) is 23.1 Å². The quantitative estimate of drug-likeness (QED) is 0.610. The Kier molecular flexibility index (Phi) is 2.67. The predicted molar refractivity (Wildman–Crippen MR) is 63.9 cm³/mol. The number of nitrogen functional groups attached to an aromatic ring is 1. The summed E-state index contributed by atoms with van der Waals surface area (Å²) in [6.45, 7) is 0.00821. The molecule has 2 aromatic rings. The molecule has 0 spiro atoms. The van der Waals surface area contributed by atoms with Crippen LogP contribution >= 0.6 is 23.1 Å². The van der Waals surface area contributed by atoms with Crippen LogP contribution in [0.5, 0.6) is 0 Å². The summed E-state index contributed by atoms with van der Waals surface area (Å²) >= 11 is 3.46. The number of rotatable bonds is 2. The summed E-state index contributed by atoms with van der Waals surface area (Å²) in [6.07, 6.45) is 2.06. The van der Waals surface area contributed by atoms with Crippen molar-refractivity contribution in [3.05, 3.63) is 23.8 Å². The highest BCUT2D eigenvalue weighted by atomic mass is 32.2. The number of benzene rings is 1. The second kappa shape index (κ2) is 3.81. The van der Waals surface area contributed by atoms with Gasteiger partial charge in [-0.3, -0.25) is 0 Å². The Bertz CT molecular complexity index is 464. The first kappa shape index (κ1) is 9.83. The lowest BCUT2D eigenvalue weighted by atomic mass is 10.1. The molecule has 2 rings (SSSR count). The average Bonchev–Trinajstić information content (AvgIpc) is 2.58. The van der Waals surface area contributed by atoms with Crippen LogP contribution in [0.2, 0.25) is 0 Å². The number of aliphatic hydroxyl groups is 1. The Morgan fingerprint density at radius 1 is 1.43 bits per heavy atom. The van der Waals surface area contributed by atoms with Gasteiger partial charge in [-0.05, 0) is 29.8 Å². The molecule has 74 valence electrons. The molecule has 0 fully saturated rings. The van der Waals surface area contributed by atoms with E-state index in [1.165, 1.54) is 8.91 Å². The van der Waals surface area contributed by atoms with E-state index < -0.39 is 0 Å². The molecule has 0 aliphatic carbocycles. The number of aliphatic hydroxyl groups excluding tert-OH is 1. The molecule has 0 saturated heterocycles. The smallest absolute Gasteiger partial charge is 0.0702 e. The van der Waals surface area contributed by atoms with Crippen molar-refractivity contribution in [3.8, 4) is 0 Å². The Morgan fingerprint density at radius 2 is 2.21 bits per heavy atom. The summed E-state index contributed by atoms with van der Waals surface area (Å²) in [5, 5.41) is 10.2. The van der Waals surface area contributed by atoms with Gasteiger partial charge in [0.1, 0.15) is 0 Å². The minimum Gasteiger partial charge on any atom is -0.398 e. The summed E-state index contributed by atoms with van der Waals surface area (Å²) in [6, 6.07) is 6.02. The highest BCUT2D eigenvalue weighted by Crippen LogP contribution is 2.34. The maximum Gasteiger partial charge on any atom is 0.0702 e. The zero-order valence-corrected chi connectivity index (χ0v) is 9.41. The van der Waals surface area contributed by atoms with Gasteiger partial charge in [0, 0.05) is 16.0 Å². The molecule has 0 aliphatic heterocycles. The topological polar surface area (TPSA) is 46.2 Å². The number of anilines is 1. The van der Waals surface area contributed by atoms with Gasteiger partial charge >= 0.3 is 0 Å². The van der Waals surface area contributed by atoms with Gasteiger partial charge in [0.25, 0.3) is 0 Å². The fourth-order valence-electron chi connectivity index (χ4n) is 1.36. The maximum atomic E-state index is 9.06. The molecule has 14 heavy (non-hydrogen) atoms. The molecule has 0 atom stereocenters. The molecule has 0 aliphatic rings. The zero-order chi connectivity index (χ0) is 10.1. The van der Waals surface area contributed by atoms with Gasteiger partial charge in [0.2, 0.25) is 0 Å². The minimum atomic E-state index is 0.00821. The van der Waals surface area contributed by atoms with Gasteiger partial charge in [0.15, 0.2) is 0 Å². The van der Waals surface area contributed by atoms with Crippen molar-refractivity contribution in [2.75, 3.05) is 12.0 Å². The van der Waals surface area contributed by atoms with E-state index in [2.05, 4.69) is 12.3 Å². The number of hydrogen-bond acceptors (Lipinski definition) is 4. The van der Waals surface area contributed by atoms with E-state index in [0.717, 1.165) is 10.9 Å². The standard InChI is InChI=1S/C10H11NOS2/c1-13-10-4-6-2-8(11)7(5-12)3-9(6)14-10/h2-4,12H,5,11H2,1H3. The SMILES string of the molecule is CSc1cc2cc(N)c(CO)cc2s1. The molecule has 1 aromatic heterocycles. The van der Waals surface area contributed by atoms with Crippen LogP contribution in [0.25, 0.3) is 10.1 Å². The molecule has 2 nitrogen and oxygen atoms in total. The summed E-state index contributed by atoms with van der Waals surface area (Å²) in [5.74, 6) is 0. The molecule has 4 heteroatoms. The fraction of sp³-hybridized carbons (Fsp3) is 0.200. The van der Waals surface area contributed by atoms with E-state index in [1.807, 2.05) is 12.1 Å². The lowest BCUT2D eigenvalue weighted by molar-refractivity contribution is 0.283. The summed E-state index contributed by atoms with van der Waals surface area (Å²) in [4.78, 5) is 0. The van der Waals surface area contributed by atoms with Crippen molar-refractivity contribution >= 4 is 38.9 Å². The Labute approximate surface area is 90.7 Å². The highest BCUT2D eigenvalue weighted by Gasteiger charge is 2.05. The molecule has 0 radical (unpaired) electrons. The van der Waals surface area contributed by atoms with Gasteiger partial charge in [-0.1, -0.05) is 0 Å². The molecule has 1 aromatic carbocycles. The van der Waals surface area contributed by atoms with E-state index >= 15 is 0 Å². The molecule has 0 bridgehead atoms. The van der Waals surface area contributed by atoms with E-state index in [4.69, 9.17) is 10.8 Å². The molecule has 0 saturated carbocycles. The third-order valence-electron chi connectivity index (χ3n) is 2.13. The number of nitrogens with two attached hydrogens (primary N) is 1. The summed E-state index contributed by atoms with van der Waals surface area (Å²) < 4.78 is 2.46. The lowest BCUT2D eigenvalue weighted by Gasteiger charge is -2.01. The van der Waals surface area contributed by atoms with Crippen molar-refractivity contribution in [1.82, 2.24) is 0 Å². The van der Waals surface area contributed by atoms with Crippen molar-refractivity contribution in [2.45, 2.75) is 10.8 Å². The predicted octanol–water partition coefficient (Wildman–Crippen LogP) is 2.70. The molecule has 3 N–H and O–H groups in total. The largest absolute Gasteiger partial charge is 0.398 e. The Hall–Kier alpha value is -0.710. The molecular weight excluding hydrogens is 214 g/mol. The number of hydrogen-bond donors (Lipinski definition) is 2. The maximum absolute atomic E-state index is 9.06. The fourth-order valence-corrected chi connectivity index (χ4v) is 3.05. The second-order valence-corrected chi connectivity index (χ2v) is 5.21. The van der Waals surface area contributed by atoms with Gasteiger partial charge in [-0.2, -0.15) is 0 Å². The van der Waals surface area contributed by atoms with Crippen LogP contribution in [-0.2, 0) is 6.61 Å². The van der Waals surface area contributed by atoms with Gasteiger partial charge in [0.05, 0.1) is 10.8 Å². The Morgan fingerprint density at radius 3 is 2.86 bits per heavy atom. The van der Waals surface area contributed by atoms with Crippen molar-refractivity contribution in [3.63, 3.8) is 0 Å². The minimum absolute atomic E-state index is 0.00821. The first-order valence-corrected chi connectivity index (χ1v) is 6.25. The lowest BCUT2D eigenvalue weighted by Crippen LogP contribution is -1.92. The average molecular weight is 225 g/mol. The van der Waals surface area contributed by atoms with Gasteiger partial charge in [-0.15, -0.1) is 23.1 Å². The monoisotopic (exact) mass is 225 g/mol. The van der Waals surface area contributed by atoms with E-state index in [-0.39, 0.29) is 6.61 Å². The van der Waals surface area contributed by atoms with Crippen LogP contribution in [-0.4, -0.2) is 11.4 Å².